The van der Waals surface area contributed by atoms with E-state index in [9.17, 15) is 4.79 Å². The van der Waals surface area contributed by atoms with Gasteiger partial charge in [-0.05, 0) is 53.2 Å². The normalized spacial score (nSPS) is 10.3. The average molecular weight is 351 g/mol. The van der Waals surface area contributed by atoms with Gasteiger partial charge in [0.05, 0.1) is 5.56 Å². The number of nitrogens with one attached hydrogen (secondary N) is 1. The van der Waals surface area contributed by atoms with Crippen LogP contribution in [-0.4, -0.2) is 12.5 Å². The van der Waals surface area contributed by atoms with Crippen LogP contribution in [-0.2, 0) is 0 Å². The van der Waals surface area contributed by atoms with Crippen molar-refractivity contribution in [3.05, 3.63) is 52.5 Å². The SMILES string of the molecule is CCNC(=O)c1ccc(N)cc1Sc1ccccc1Br. The summed E-state index contributed by atoms with van der Waals surface area (Å²) in [6.07, 6.45) is 0. The Balaban J connectivity index is 2.37. The third-order valence-corrected chi connectivity index (χ3v) is 4.73. The number of anilines is 1. The second kappa shape index (κ2) is 6.81. The van der Waals surface area contributed by atoms with Gasteiger partial charge in [0.15, 0.2) is 0 Å². The number of hydrogen-bond donors (Lipinski definition) is 2. The lowest BCUT2D eigenvalue weighted by Gasteiger charge is -2.11. The van der Waals surface area contributed by atoms with Crippen molar-refractivity contribution < 1.29 is 4.79 Å². The number of carbonyl (C=O) groups is 1. The minimum absolute atomic E-state index is 0.0814. The summed E-state index contributed by atoms with van der Waals surface area (Å²) in [4.78, 5) is 14.0. The molecule has 0 aromatic heterocycles. The van der Waals surface area contributed by atoms with E-state index in [2.05, 4.69) is 21.2 Å². The van der Waals surface area contributed by atoms with E-state index in [1.165, 1.54) is 11.8 Å². The molecule has 3 N–H and O–H groups in total. The maximum Gasteiger partial charge on any atom is 0.252 e. The van der Waals surface area contributed by atoms with Gasteiger partial charge in [-0.3, -0.25) is 4.79 Å². The Morgan fingerprint density at radius 1 is 1.25 bits per heavy atom. The molecule has 20 heavy (non-hydrogen) atoms. The minimum atomic E-state index is -0.0814. The molecule has 0 saturated heterocycles. The molecule has 0 saturated carbocycles. The van der Waals surface area contributed by atoms with E-state index < -0.39 is 0 Å². The molecule has 2 rings (SSSR count). The third kappa shape index (κ3) is 3.55. The van der Waals surface area contributed by atoms with Crippen LogP contribution in [0.5, 0.6) is 0 Å². The summed E-state index contributed by atoms with van der Waals surface area (Å²) in [6.45, 7) is 2.50. The highest BCUT2D eigenvalue weighted by molar-refractivity contribution is 9.10. The Hall–Kier alpha value is -1.46. The molecule has 3 nitrogen and oxygen atoms in total. The molecule has 5 heteroatoms. The molecule has 0 radical (unpaired) electrons. The van der Waals surface area contributed by atoms with Crippen molar-refractivity contribution in [1.82, 2.24) is 5.32 Å². The van der Waals surface area contributed by atoms with E-state index in [1.54, 1.807) is 12.1 Å². The van der Waals surface area contributed by atoms with Crippen molar-refractivity contribution >= 4 is 39.3 Å². The Labute approximate surface area is 131 Å². The van der Waals surface area contributed by atoms with Gasteiger partial charge in [0.1, 0.15) is 0 Å². The zero-order valence-corrected chi connectivity index (χ0v) is 13.4. The molecule has 0 atom stereocenters. The lowest BCUT2D eigenvalue weighted by Crippen LogP contribution is -2.23. The van der Waals surface area contributed by atoms with Crippen LogP contribution in [0.4, 0.5) is 5.69 Å². The fourth-order valence-electron chi connectivity index (χ4n) is 1.71. The molecule has 0 unspecified atom stereocenters. The molecule has 0 fully saturated rings. The van der Waals surface area contributed by atoms with Crippen LogP contribution in [0.1, 0.15) is 17.3 Å². The second-order valence-corrected chi connectivity index (χ2v) is 6.09. The maximum atomic E-state index is 12.1. The van der Waals surface area contributed by atoms with Gasteiger partial charge in [-0.2, -0.15) is 0 Å². The van der Waals surface area contributed by atoms with Gasteiger partial charge in [0, 0.05) is 26.5 Å². The molecule has 0 aliphatic rings. The van der Waals surface area contributed by atoms with E-state index in [0.29, 0.717) is 17.8 Å². The Kier molecular flexibility index (Phi) is 5.09. The Bertz CT molecular complexity index is 631. The van der Waals surface area contributed by atoms with Crippen molar-refractivity contribution in [2.24, 2.45) is 0 Å². The zero-order chi connectivity index (χ0) is 14.5. The molecule has 104 valence electrons. The topological polar surface area (TPSA) is 55.1 Å². The maximum absolute atomic E-state index is 12.1. The lowest BCUT2D eigenvalue weighted by atomic mass is 10.2. The number of amides is 1. The van der Waals surface area contributed by atoms with Crippen LogP contribution < -0.4 is 11.1 Å². The molecule has 0 aliphatic heterocycles. The fourth-order valence-corrected chi connectivity index (χ4v) is 3.26. The number of rotatable bonds is 4. The average Bonchev–Trinajstić information content (AvgIpc) is 2.42. The largest absolute Gasteiger partial charge is 0.399 e. The summed E-state index contributed by atoms with van der Waals surface area (Å²) in [5, 5.41) is 2.82. The van der Waals surface area contributed by atoms with Crippen molar-refractivity contribution in [3.63, 3.8) is 0 Å². The van der Waals surface area contributed by atoms with Crippen molar-refractivity contribution in [1.29, 1.82) is 0 Å². The molecule has 0 aliphatic carbocycles. The predicted octanol–water partition coefficient (Wildman–Crippen LogP) is 3.93. The van der Waals surface area contributed by atoms with Crippen LogP contribution >= 0.6 is 27.7 Å². The number of nitrogen functional groups attached to an aromatic ring is 1. The van der Waals surface area contributed by atoms with Gasteiger partial charge in [-0.15, -0.1) is 0 Å². The van der Waals surface area contributed by atoms with E-state index in [-0.39, 0.29) is 5.91 Å². The second-order valence-electron chi connectivity index (χ2n) is 4.15. The van der Waals surface area contributed by atoms with Crippen molar-refractivity contribution in [2.75, 3.05) is 12.3 Å². The van der Waals surface area contributed by atoms with Crippen LogP contribution in [0.15, 0.2) is 56.7 Å². The van der Waals surface area contributed by atoms with E-state index in [0.717, 1.165) is 14.3 Å². The van der Waals surface area contributed by atoms with Crippen LogP contribution in [0.2, 0.25) is 0 Å². The molecule has 1 amide bonds. The molecular formula is C15H15BrN2OS. The first-order valence-electron chi connectivity index (χ1n) is 6.22. The number of hydrogen-bond acceptors (Lipinski definition) is 3. The molecule has 0 bridgehead atoms. The number of benzene rings is 2. The fraction of sp³-hybridized carbons (Fsp3) is 0.133. The standard InChI is InChI=1S/C15H15BrN2OS/c1-2-18-15(19)11-8-7-10(17)9-14(11)20-13-6-4-3-5-12(13)16/h3-9H,2,17H2,1H3,(H,18,19). The molecule has 2 aromatic rings. The summed E-state index contributed by atoms with van der Waals surface area (Å²) in [5.74, 6) is -0.0814. The molecular weight excluding hydrogens is 336 g/mol. The van der Waals surface area contributed by atoms with Crippen LogP contribution in [0.3, 0.4) is 0 Å². The summed E-state index contributed by atoms with van der Waals surface area (Å²) >= 11 is 5.03. The minimum Gasteiger partial charge on any atom is -0.399 e. The monoisotopic (exact) mass is 350 g/mol. The Morgan fingerprint density at radius 2 is 2.00 bits per heavy atom. The zero-order valence-electron chi connectivity index (χ0n) is 11.0. The van der Waals surface area contributed by atoms with Gasteiger partial charge >= 0.3 is 0 Å². The number of nitrogens with two attached hydrogens (primary N) is 1. The van der Waals surface area contributed by atoms with Crippen LogP contribution in [0, 0.1) is 0 Å². The number of carbonyl (C=O) groups excluding carboxylic acids is 1. The summed E-state index contributed by atoms with van der Waals surface area (Å²) in [7, 11) is 0. The van der Waals surface area contributed by atoms with Gasteiger partial charge < -0.3 is 11.1 Å². The van der Waals surface area contributed by atoms with Crippen molar-refractivity contribution in [3.8, 4) is 0 Å². The van der Waals surface area contributed by atoms with Gasteiger partial charge in [0.25, 0.3) is 5.91 Å². The highest BCUT2D eigenvalue weighted by Gasteiger charge is 2.13. The number of halogens is 1. The first kappa shape index (κ1) is 14.9. The quantitative estimate of drug-likeness (QED) is 0.821. The highest BCUT2D eigenvalue weighted by Crippen LogP contribution is 2.36. The smallest absolute Gasteiger partial charge is 0.252 e. The molecule has 0 spiro atoms. The van der Waals surface area contributed by atoms with Crippen molar-refractivity contribution in [2.45, 2.75) is 16.7 Å². The third-order valence-electron chi connectivity index (χ3n) is 2.64. The lowest BCUT2D eigenvalue weighted by molar-refractivity contribution is 0.0953. The Morgan fingerprint density at radius 3 is 2.70 bits per heavy atom. The summed E-state index contributed by atoms with van der Waals surface area (Å²) in [6, 6.07) is 13.2. The molecule has 2 aromatic carbocycles. The van der Waals surface area contributed by atoms with Gasteiger partial charge in [-0.25, -0.2) is 0 Å². The summed E-state index contributed by atoms with van der Waals surface area (Å²) < 4.78 is 0.995. The van der Waals surface area contributed by atoms with Crippen LogP contribution in [0.25, 0.3) is 0 Å². The summed E-state index contributed by atoms with van der Waals surface area (Å²) in [5.41, 5.74) is 7.12. The van der Waals surface area contributed by atoms with E-state index in [1.807, 2.05) is 37.3 Å². The van der Waals surface area contributed by atoms with Gasteiger partial charge in [0.2, 0.25) is 0 Å². The first-order chi connectivity index (χ1) is 9.61. The van der Waals surface area contributed by atoms with E-state index in [4.69, 9.17) is 5.73 Å². The first-order valence-corrected chi connectivity index (χ1v) is 7.83. The molecule has 0 heterocycles. The predicted molar refractivity (Wildman–Crippen MR) is 87.1 cm³/mol. The highest BCUT2D eigenvalue weighted by atomic mass is 79.9. The van der Waals surface area contributed by atoms with E-state index >= 15 is 0 Å². The van der Waals surface area contributed by atoms with Gasteiger partial charge in [-0.1, -0.05) is 23.9 Å².